The molecule has 1 aromatic heterocycles. The highest BCUT2D eigenvalue weighted by atomic mass is 32.1. The van der Waals surface area contributed by atoms with E-state index in [2.05, 4.69) is 13.0 Å². The molecule has 4 nitrogen and oxygen atoms in total. The molecule has 0 atom stereocenters. The highest BCUT2D eigenvalue weighted by Gasteiger charge is 2.22. The number of ether oxygens (including phenoxy) is 1. The molecular formula is C17H19NO3S. The minimum Gasteiger partial charge on any atom is -0.504 e. The molecule has 1 amide bonds. The van der Waals surface area contributed by atoms with Gasteiger partial charge in [0, 0.05) is 28.3 Å². The maximum absolute atomic E-state index is 12.0. The SMILES string of the molecule is CCC(=O)N1CCOc2c(O)cc(-c3ccc(C)s3)cc2C1. The Hall–Kier alpha value is -2.01. The molecule has 2 aromatic rings. The van der Waals surface area contributed by atoms with Gasteiger partial charge in [0.25, 0.3) is 0 Å². The molecule has 2 heterocycles. The van der Waals surface area contributed by atoms with Crippen molar-refractivity contribution >= 4 is 17.2 Å². The summed E-state index contributed by atoms with van der Waals surface area (Å²) >= 11 is 1.68. The Morgan fingerprint density at radius 3 is 2.91 bits per heavy atom. The second-order valence-electron chi connectivity index (χ2n) is 5.41. The second kappa shape index (κ2) is 6.01. The van der Waals surface area contributed by atoms with Crippen molar-refractivity contribution in [3.8, 4) is 21.9 Å². The molecule has 0 fully saturated rings. The first-order valence-electron chi connectivity index (χ1n) is 7.41. The third-order valence-electron chi connectivity index (χ3n) is 3.80. The van der Waals surface area contributed by atoms with Crippen LogP contribution in [-0.2, 0) is 11.3 Å². The van der Waals surface area contributed by atoms with E-state index in [0.717, 1.165) is 16.0 Å². The van der Waals surface area contributed by atoms with Crippen LogP contribution in [0.2, 0.25) is 0 Å². The molecule has 5 heteroatoms. The monoisotopic (exact) mass is 317 g/mol. The van der Waals surface area contributed by atoms with Crippen LogP contribution in [0.5, 0.6) is 11.5 Å². The summed E-state index contributed by atoms with van der Waals surface area (Å²) in [4.78, 5) is 16.1. The van der Waals surface area contributed by atoms with Gasteiger partial charge in [0.2, 0.25) is 5.91 Å². The molecule has 1 aliphatic heterocycles. The standard InChI is InChI=1S/C17H19NO3S/c1-3-16(20)18-6-7-21-17-13(10-18)8-12(9-14(17)19)15-5-4-11(2)22-15/h4-5,8-9,19H,3,6-7,10H2,1-2H3. The van der Waals surface area contributed by atoms with Gasteiger partial charge in [0.05, 0.1) is 6.54 Å². The van der Waals surface area contributed by atoms with E-state index in [9.17, 15) is 9.90 Å². The van der Waals surface area contributed by atoms with E-state index >= 15 is 0 Å². The zero-order valence-corrected chi connectivity index (χ0v) is 13.6. The number of nitrogens with zero attached hydrogens (tertiary/aromatic N) is 1. The molecule has 22 heavy (non-hydrogen) atoms. The number of hydrogen-bond donors (Lipinski definition) is 1. The maximum atomic E-state index is 12.0. The molecule has 1 aromatic carbocycles. The van der Waals surface area contributed by atoms with Gasteiger partial charge in [-0.2, -0.15) is 0 Å². The van der Waals surface area contributed by atoms with Crippen molar-refractivity contribution < 1.29 is 14.6 Å². The predicted molar refractivity (Wildman–Crippen MR) is 87.4 cm³/mol. The van der Waals surface area contributed by atoms with Gasteiger partial charge in [-0.25, -0.2) is 0 Å². The normalized spacial score (nSPS) is 14.2. The Morgan fingerprint density at radius 1 is 1.41 bits per heavy atom. The number of benzene rings is 1. The first kappa shape index (κ1) is 14.9. The van der Waals surface area contributed by atoms with E-state index in [4.69, 9.17) is 4.74 Å². The van der Waals surface area contributed by atoms with Gasteiger partial charge in [-0.15, -0.1) is 11.3 Å². The molecule has 116 valence electrons. The van der Waals surface area contributed by atoms with Gasteiger partial charge >= 0.3 is 0 Å². The van der Waals surface area contributed by atoms with Crippen molar-refractivity contribution in [1.82, 2.24) is 4.90 Å². The molecule has 0 aliphatic carbocycles. The zero-order valence-electron chi connectivity index (χ0n) is 12.8. The highest BCUT2D eigenvalue weighted by Crippen LogP contribution is 2.39. The molecule has 1 N–H and O–H groups in total. The number of phenols is 1. The fraction of sp³-hybridized carbons (Fsp3) is 0.353. The fourth-order valence-electron chi connectivity index (χ4n) is 2.67. The Kier molecular flexibility index (Phi) is 4.07. The number of aryl methyl sites for hydroxylation is 1. The van der Waals surface area contributed by atoms with Gasteiger partial charge in [-0.3, -0.25) is 4.79 Å². The summed E-state index contributed by atoms with van der Waals surface area (Å²) in [5.41, 5.74) is 1.82. The summed E-state index contributed by atoms with van der Waals surface area (Å²) in [6.07, 6.45) is 0.477. The Morgan fingerprint density at radius 2 is 2.23 bits per heavy atom. The summed E-state index contributed by atoms with van der Waals surface area (Å²) in [6, 6.07) is 7.86. The summed E-state index contributed by atoms with van der Waals surface area (Å²) < 4.78 is 5.66. The van der Waals surface area contributed by atoms with Crippen molar-refractivity contribution in [2.45, 2.75) is 26.8 Å². The van der Waals surface area contributed by atoms with Crippen molar-refractivity contribution in [1.29, 1.82) is 0 Å². The Labute approximate surface area is 134 Å². The molecule has 0 radical (unpaired) electrons. The lowest BCUT2D eigenvalue weighted by Gasteiger charge is -2.19. The number of fused-ring (bicyclic) bond motifs is 1. The van der Waals surface area contributed by atoms with Crippen LogP contribution >= 0.6 is 11.3 Å². The molecule has 1 aliphatic rings. The van der Waals surface area contributed by atoms with Crippen LogP contribution in [0.3, 0.4) is 0 Å². The number of hydrogen-bond acceptors (Lipinski definition) is 4. The average Bonchev–Trinajstić information content (AvgIpc) is 2.81. The van der Waals surface area contributed by atoms with E-state index < -0.39 is 0 Å². The first-order valence-corrected chi connectivity index (χ1v) is 8.23. The third kappa shape index (κ3) is 2.81. The van der Waals surface area contributed by atoms with Gasteiger partial charge in [-0.1, -0.05) is 6.92 Å². The lowest BCUT2D eigenvalue weighted by molar-refractivity contribution is -0.131. The van der Waals surface area contributed by atoms with Crippen LogP contribution in [-0.4, -0.2) is 29.1 Å². The number of rotatable bonds is 2. The number of phenolic OH excluding ortho intramolecular Hbond substituents is 1. The first-order chi connectivity index (χ1) is 10.6. The van der Waals surface area contributed by atoms with Gasteiger partial charge in [-0.05, 0) is 36.8 Å². The van der Waals surface area contributed by atoms with Crippen molar-refractivity contribution in [2.24, 2.45) is 0 Å². The maximum Gasteiger partial charge on any atom is 0.222 e. The topological polar surface area (TPSA) is 49.8 Å². The van der Waals surface area contributed by atoms with Crippen molar-refractivity contribution in [2.75, 3.05) is 13.2 Å². The van der Waals surface area contributed by atoms with Gasteiger partial charge in [0.1, 0.15) is 6.61 Å². The summed E-state index contributed by atoms with van der Waals surface area (Å²) in [7, 11) is 0. The fourth-order valence-corrected chi connectivity index (χ4v) is 3.52. The van der Waals surface area contributed by atoms with Crippen LogP contribution in [0.4, 0.5) is 0 Å². The number of aromatic hydroxyl groups is 1. The quantitative estimate of drug-likeness (QED) is 0.921. The molecule has 0 saturated carbocycles. The zero-order chi connectivity index (χ0) is 15.7. The minimum absolute atomic E-state index is 0.105. The molecule has 0 bridgehead atoms. The van der Waals surface area contributed by atoms with E-state index in [1.165, 1.54) is 4.88 Å². The lowest BCUT2D eigenvalue weighted by atomic mass is 10.1. The van der Waals surface area contributed by atoms with E-state index in [1.807, 2.05) is 19.1 Å². The van der Waals surface area contributed by atoms with Gasteiger partial charge < -0.3 is 14.7 Å². The lowest BCUT2D eigenvalue weighted by Crippen LogP contribution is -2.31. The number of amides is 1. The number of carbonyl (C=O) groups excluding carboxylic acids is 1. The molecular weight excluding hydrogens is 298 g/mol. The Balaban J connectivity index is 2.00. The Bertz CT molecular complexity index is 708. The molecule has 0 spiro atoms. The smallest absolute Gasteiger partial charge is 0.222 e. The number of carbonyl (C=O) groups is 1. The van der Waals surface area contributed by atoms with Crippen molar-refractivity contribution in [3.63, 3.8) is 0 Å². The molecule has 3 rings (SSSR count). The van der Waals surface area contributed by atoms with E-state index in [0.29, 0.717) is 31.9 Å². The van der Waals surface area contributed by atoms with Crippen LogP contribution in [0.25, 0.3) is 10.4 Å². The molecule has 0 unspecified atom stereocenters. The van der Waals surface area contributed by atoms with E-state index in [1.54, 1.807) is 22.3 Å². The average molecular weight is 317 g/mol. The van der Waals surface area contributed by atoms with Crippen molar-refractivity contribution in [3.05, 3.63) is 34.7 Å². The van der Waals surface area contributed by atoms with Gasteiger partial charge in [0.15, 0.2) is 11.5 Å². The minimum atomic E-state index is 0.105. The third-order valence-corrected chi connectivity index (χ3v) is 4.84. The van der Waals surface area contributed by atoms with Crippen LogP contribution < -0.4 is 4.74 Å². The summed E-state index contributed by atoms with van der Waals surface area (Å²) in [6.45, 7) is 5.35. The largest absolute Gasteiger partial charge is 0.504 e. The van der Waals surface area contributed by atoms with E-state index in [-0.39, 0.29) is 11.7 Å². The second-order valence-corrected chi connectivity index (χ2v) is 6.70. The predicted octanol–water partition coefficient (Wildman–Crippen LogP) is 3.56. The van der Waals surface area contributed by atoms with Crippen LogP contribution in [0, 0.1) is 6.92 Å². The number of thiophene rings is 1. The summed E-state index contributed by atoms with van der Waals surface area (Å²) in [5, 5.41) is 10.3. The molecule has 0 saturated heterocycles. The summed E-state index contributed by atoms with van der Waals surface area (Å²) in [5.74, 6) is 0.751. The van der Waals surface area contributed by atoms with Crippen LogP contribution in [0.15, 0.2) is 24.3 Å². The van der Waals surface area contributed by atoms with Crippen LogP contribution in [0.1, 0.15) is 23.8 Å². The highest BCUT2D eigenvalue weighted by molar-refractivity contribution is 7.15.